The molecule has 4 aromatic rings. The first-order chi connectivity index (χ1) is 16.9. The Labute approximate surface area is 200 Å². The number of benzene rings is 2. The Morgan fingerprint density at radius 3 is 2.83 bits per heavy atom. The third-order valence-corrected chi connectivity index (χ3v) is 6.14. The molecule has 2 atom stereocenters. The van der Waals surface area contributed by atoms with Gasteiger partial charge < -0.3 is 25.6 Å². The molecule has 1 aliphatic rings. The lowest BCUT2D eigenvalue weighted by Gasteiger charge is -2.20. The molecule has 0 saturated heterocycles. The van der Waals surface area contributed by atoms with Gasteiger partial charge in [0.2, 0.25) is 5.95 Å². The number of hydrogen-bond donors (Lipinski definition) is 4. The first kappa shape index (κ1) is 22.7. The fourth-order valence-corrected chi connectivity index (χ4v) is 4.36. The van der Waals surface area contributed by atoms with Gasteiger partial charge >= 0.3 is 0 Å². The monoisotopic (exact) mass is 476 g/mol. The number of fused-ring (bicyclic) bond motifs is 2. The summed E-state index contributed by atoms with van der Waals surface area (Å²) in [6, 6.07) is 10.1. The highest BCUT2D eigenvalue weighted by atomic mass is 19.1. The maximum atomic E-state index is 14.8. The van der Waals surface area contributed by atoms with Gasteiger partial charge in [-0.1, -0.05) is 43.3 Å². The topological polar surface area (TPSA) is 125 Å². The van der Waals surface area contributed by atoms with Crippen molar-refractivity contribution in [3.05, 3.63) is 70.8 Å². The molecule has 5 rings (SSSR count). The molecule has 0 unspecified atom stereocenters. The highest BCUT2D eigenvalue weighted by molar-refractivity contribution is 5.98. The van der Waals surface area contributed by atoms with Gasteiger partial charge in [0.25, 0.3) is 5.91 Å². The standard InChI is InChI=1S/C25H25FN6O3/c1-12(2)21-15-9-18(17(26)10-20(15)35-32-21)29-25-28-11-16(24(34)27-3)23(31-25)30-22-14-7-5-4-6-13(14)8-19(22)33/h4-7,9-12,19,22,33H,8H2,1-3H3,(H,27,34)(H2,28,29,30,31)/t19-,22+/m1/s1. The van der Waals surface area contributed by atoms with Crippen LogP contribution in [0.5, 0.6) is 0 Å². The number of aliphatic hydroxyl groups excluding tert-OH is 1. The number of halogens is 1. The zero-order valence-corrected chi connectivity index (χ0v) is 19.5. The molecule has 0 spiro atoms. The Balaban J connectivity index is 1.51. The van der Waals surface area contributed by atoms with Gasteiger partial charge in [0.1, 0.15) is 11.4 Å². The number of nitrogens with zero attached hydrogens (tertiary/aromatic N) is 3. The van der Waals surface area contributed by atoms with Gasteiger partial charge in [-0.3, -0.25) is 4.79 Å². The molecular weight excluding hydrogens is 451 g/mol. The van der Waals surface area contributed by atoms with Gasteiger partial charge in [-0.25, -0.2) is 9.37 Å². The van der Waals surface area contributed by atoms with Gasteiger partial charge in [-0.2, -0.15) is 4.98 Å². The largest absolute Gasteiger partial charge is 0.390 e. The molecule has 2 aromatic carbocycles. The predicted octanol–water partition coefficient (Wildman–Crippen LogP) is 4.05. The Kier molecular flexibility index (Phi) is 5.81. The molecule has 9 nitrogen and oxygen atoms in total. The minimum absolute atomic E-state index is 0.0849. The van der Waals surface area contributed by atoms with E-state index < -0.39 is 23.9 Å². The number of rotatable bonds is 6. The van der Waals surface area contributed by atoms with Crippen molar-refractivity contribution in [2.75, 3.05) is 17.7 Å². The van der Waals surface area contributed by atoms with E-state index in [1.807, 2.05) is 38.1 Å². The molecule has 2 heterocycles. The van der Waals surface area contributed by atoms with Crippen molar-refractivity contribution < 1.29 is 18.8 Å². The van der Waals surface area contributed by atoms with Crippen molar-refractivity contribution in [1.82, 2.24) is 20.4 Å². The second kappa shape index (κ2) is 8.95. The number of anilines is 3. The van der Waals surface area contributed by atoms with E-state index in [4.69, 9.17) is 4.52 Å². The SMILES string of the molecule is CNC(=O)c1cnc(Nc2cc3c(C(C)C)noc3cc2F)nc1N[C@H]1c2ccccc2C[C@H]1O. The van der Waals surface area contributed by atoms with Crippen LogP contribution in [0.2, 0.25) is 0 Å². The van der Waals surface area contributed by atoms with E-state index in [9.17, 15) is 14.3 Å². The average molecular weight is 477 g/mol. The van der Waals surface area contributed by atoms with Crippen LogP contribution >= 0.6 is 0 Å². The summed E-state index contributed by atoms with van der Waals surface area (Å²) >= 11 is 0. The minimum Gasteiger partial charge on any atom is -0.390 e. The second-order valence-electron chi connectivity index (χ2n) is 8.80. The van der Waals surface area contributed by atoms with Crippen LogP contribution in [0.25, 0.3) is 11.0 Å². The van der Waals surface area contributed by atoms with Crippen molar-refractivity contribution in [2.45, 2.75) is 38.3 Å². The zero-order chi connectivity index (χ0) is 24.7. The summed E-state index contributed by atoms with van der Waals surface area (Å²) in [5, 5.41) is 24.1. The molecule has 35 heavy (non-hydrogen) atoms. The van der Waals surface area contributed by atoms with E-state index in [1.165, 1.54) is 19.3 Å². The smallest absolute Gasteiger partial charge is 0.256 e. The van der Waals surface area contributed by atoms with Gasteiger partial charge in [0.05, 0.1) is 23.5 Å². The van der Waals surface area contributed by atoms with Crippen LogP contribution in [-0.4, -0.2) is 39.3 Å². The third kappa shape index (κ3) is 4.17. The fraction of sp³-hybridized carbons (Fsp3) is 0.280. The molecule has 1 aliphatic carbocycles. The maximum Gasteiger partial charge on any atom is 0.256 e. The van der Waals surface area contributed by atoms with Crippen molar-refractivity contribution in [2.24, 2.45) is 0 Å². The Morgan fingerprint density at radius 2 is 2.06 bits per heavy atom. The molecular formula is C25H25FN6O3. The Bertz CT molecular complexity index is 1420. The third-order valence-electron chi connectivity index (χ3n) is 6.14. The summed E-state index contributed by atoms with van der Waals surface area (Å²) in [5.41, 5.74) is 3.37. The number of aromatic nitrogens is 3. The number of hydrogen-bond acceptors (Lipinski definition) is 8. The summed E-state index contributed by atoms with van der Waals surface area (Å²) in [7, 11) is 1.51. The van der Waals surface area contributed by atoms with Crippen LogP contribution < -0.4 is 16.0 Å². The lowest BCUT2D eigenvalue weighted by atomic mass is 10.1. The molecule has 0 bridgehead atoms. The molecule has 2 aromatic heterocycles. The van der Waals surface area contributed by atoms with E-state index in [1.54, 1.807) is 6.07 Å². The first-order valence-corrected chi connectivity index (χ1v) is 11.3. The quantitative estimate of drug-likeness (QED) is 0.328. The highest BCUT2D eigenvalue weighted by Crippen LogP contribution is 2.35. The summed E-state index contributed by atoms with van der Waals surface area (Å²) in [5.74, 6) is -0.552. The number of nitrogens with one attached hydrogen (secondary N) is 3. The maximum absolute atomic E-state index is 14.8. The summed E-state index contributed by atoms with van der Waals surface area (Å²) in [4.78, 5) is 21.2. The van der Waals surface area contributed by atoms with Crippen LogP contribution in [0, 0.1) is 5.82 Å². The fourth-order valence-electron chi connectivity index (χ4n) is 4.36. The van der Waals surface area contributed by atoms with Gasteiger partial charge in [0.15, 0.2) is 11.4 Å². The lowest BCUT2D eigenvalue weighted by molar-refractivity contribution is 0.0962. The molecule has 180 valence electrons. The lowest BCUT2D eigenvalue weighted by Crippen LogP contribution is -2.26. The Morgan fingerprint density at radius 1 is 1.26 bits per heavy atom. The van der Waals surface area contributed by atoms with Gasteiger partial charge in [-0.15, -0.1) is 0 Å². The van der Waals surface area contributed by atoms with E-state index >= 15 is 0 Å². The van der Waals surface area contributed by atoms with E-state index in [0.29, 0.717) is 17.4 Å². The molecule has 10 heteroatoms. The molecule has 1 amide bonds. The summed E-state index contributed by atoms with van der Waals surface area (Å²) in [6.07, 6.45) is 1.15. The summed E-state index contributed by atoms with van der Waals surface area (Å²) < 4.78 is 20.1. The van der Waals surface area contributed by atoms with Crippen LogP contribution in [0.15, 0.2) is 47.1 Å². The van der Waals surface area contributed by atoms with Crippen LogP contribution in [0.3, 0.4) is 0 Å². The zero-order valence-electron chi connectivity index (χ0n) is 19.5. The minimum atomic E-state index is -0.695. The van der Waals surface area contributed by atoms with E-state index in [0.717, 1.165) is 16.8 Å². The van der Waals surface area contributed by atoms with Crippen LogP contribution in [-0.2, 0) is 6.42 Å². The molecule has 4 N–H and O–H groups in total. The van der Waals surface area contributed by atoms with Crippen LogP contribution in [0.4, 0.5) is 21.8 Å². The second-order valence-corrected chi connectivity index (χ2v) is 8.80. The van der Waals surface area contributed by atoms with Crippen molar-refractivity contribution in [1.29, 1.82) is 0 Å². The van der Waals surface area contributed by atoms with E-state index in [2.05, 4.69) is 31.1 Å². The molecule has 0 radical (unpaired) electrons. The van der Waals surface area contributed by atoms with Crippen molar-refractivity contribution in [3.63, 3.8) is 0 Å². The first-order valence-electron chi connectivity index (χ1n) is 11.3. The molecule has 0 fully saturated rings. The highest BCUT2D eigenvalue weighted by Gasteiger charge is 2.32. The summed E-state index contributed by atoms with van der Waals surface area (Å²) in [6.45, 7) is 3.95. The average Bonchev–Trinajstić information content (AvgIpc) is 3.39. The van der Waals surface area contributed by atoms with E-state index in [-0.39, 0.29) is 28.9 Å². The van der Waals surface area contributed by atoms with Gasteiger partial charge in [0, 0.05) is 31.1 Å². The van der Waals surface area contributed by atoms with Crippen molar-refractivity contribution >= 4 is 34.3 Å². The molecule has 0 aliphatic heterocycles. The normalized spacial score (nSPS) is 17.0. The number of amides is 1. The van der Waals surface area contributed by atoms with Crippen molar-refractivity contribution in [3.8, 4) is 0 Å². The number of aliphatic hydroxyl groups is 1. The van der Waals surface area contributed by atoms with Gasteiger partial charge in [-0.05, 0) is 23.1 Å². The number of carbonyl (C=O) groups is 1. The van der Waals surface area contributed by atoms with Crippen LogP contribution in [0.1, 0.15) is 53.0 Å². The number of carbonyl (C=O) groups excluding carboxylic acids is 1. The predicted molar refractivity (Wildman–Crippen MR) is 129 cm³/mol. The Hall–Kier alpha value is -4.05. The molecule has 0 saturated carbocycles.